The fourth-order valence-electron chi connectivity index (χ4n) is 2.60. The lowest BCUT2D eigenvalue weighted by Crippen LogP contribution is -2.18. The number of carbonyl (C=O) groups is 2. The van der Waals surface area contributed by atoms with E-state index in [4.69, 9.17) is 4.74 Å². The molecule has 1 unspecified atom stereocenters. The van der Waals surface area contributed by atoms with Gasteiger partial charge in [-0.3, -0.25) is 14.9 Å². The maximum absolute atomic E-state index is 12.0. The largest absolute Gasteiger partial charge is 0.371 e. The zero-order valence-corrected chi connectivity index (χ0v) is 16.7. The van der Waals surface area contributed by atoms with Gasteiger partial charge in [-0.2, -0.15) is 0 Å². The Balaban J connectivity index is 1.36. The van der Waals surface area contributed by atoms with Crippen molar-refractivity contribution in [3.63, 3.8) is 0 Å². The molecule has 1 aromatic carbocycles. The minimum absolute atomic E-state index is 0.00221. The number of ether oxygens (including phenoxy) is 1. The molecular weight excluding hydrogens is 384 g/mol. The van der Waals surface area contributed by atoms with Gasteiger partial charge in [0.05, 0.1) is 11.5 Å². The number of hydrogen-bond acceptors (Lipinski definition) is 7. The molecule has 2 N–H and O–H groups in total. The molecule has 0 bridgehead atoms. The standard InChI is InChI=1S/C18H22N4O3S2/c1-2-12-5-7-13(8-6-12)19-15(23)10-26-11-16(24)20-18-22-21-17(27-18)14-4-3-9-25-14/h5-8,14H,2-4,9-11H2,1H3,(H,19,23)(H,20,22,24). The van der Waals surface area contributed by atoms with Crippen molar-refractivity contribution >= 4 is 45.7 Å². The molecule has 2 heterocycles. The van der Waals surface area contributed by atoms with E-state index in [1.807, 2.05) is 24.3 Å². The first-order valence-corrected chi connectivity index (χ1v) is 10.8. The van der Waals surface area contributed by atoms with Crippen LogP contribution in [-0.4, -0.2) is 40.1 Å². The number of rotatable bonds is 8. The third kappa shape index (κ3) is 6.02. The molecule has 0 saturated carbocycles. The van der Waals surface area contributed by atoms with E-state index in [1.165, 1.54) is 28.7 Å². The van der Waals surface area contributed by atoms with E-state index in [0.29, 0.717) is 5.13 Å². The summed E-state index contributed by atoms with van der Waals surface area (Å²) in [5.41, 5.74) is 1.98. The summed E-state index contributed by atoms with van der Waals surface area (Å²) in [6, 6.07) is 7.75. The topological polar surface area (TPSA) is 93.2 Å². The number of carbonyl (C=O) groups excluding carboxylic acids is 2. The molecule has 3 rings (SSSR count). The molecule has 0 aliphatic carbocycles. The lowest BCUT2D eigenvalue weighted by atomic mass is 10.1. The van der Waals surface area contributed by atoms with Crippen LogP contribution in [0.25, 0.3) is 0 Å². The van der Waals surface area contributed by atoms with Crippen LogP contribution in [-0.2, 0) is 20.7 Å². The van der Waals surface area contributed by atoms with E-state index in [9.17, 15) is 9.59 Å². The zero-order chi connectivity index (χ0) is 19.1. The van der Waals surface area contributed by atoms with Gasteiger partial charge in [-0.1, -0.05) is 30.4 Å². The van der Waals surface area contributed by atoms with Gasteiger partial charge in [0, 0.05) is 12.3 Å². The fraction of sp³-hybridized carbons (Fsp3) is 0.444. The third-order valence-corrected chi connectivity index (χ3v) is 5.87. The van der Waals surface area contributed by atoms with Crippen LogP contribution in [0, 0.1) is 0 Å². The summed E-state index contributed by atoms with van der Waals surface area (Å²) in [6.07, 6.45) is 2.92. The third-order valence-electron chi connectivity index (χ3n) is 4.00. The van der Waals surface area contributed by atoms with E-state index in [0.717, 1.165) is 36.6 Å². The Hall–Kier alpha value is -1.97. The second-order valence-electron chi connectivity index (χ2n) is 6.09. The Labute approximate surface area is 166 Å². The van der Waals surface area contributed by atoms with Crippen LogP contribution in [0.15, 0.2) is 24.3 Å². The van der Waals surface area contributed by atoms with Crippen molar-refractivity contribution < 1.29 is 14.3 Å². The van der Waals surface area contributed by atoms with Crippen molar-refractivity contribution in [2.45, 2.75) is 32.3 Å². The molecule has 144 valence electrons. The van der Waals surface area contributed by atoms with Gasteiger partial charge in [-0.15, -0.1) is 22.0 Å². The number of benzene rings is 1. The average Bonchev–Trinajstić information content (AvgIpc) is 3.34. The zero-order valence-electron chi connectivity index (χ0n) is 15.1. The van der Waals surface area contributed by atoms with Gasteiger partial charge in [-0.05, 0) is 37.0 Å². The van der Waals surface area contributed by atoms with Crippen molar-refractivity contribution in [1.82, 2.24) is 10.2 Å². The molecule has 1 fully saturated rings. The van der Waals surface area contributed by atoms with Crippen LogP contribution in [0.1, 0.15) is 36.4 Å². The Kier molecular flexibility index (Phi) is 7.19. The highest BCUT2D eigenvalue weighted by atomic mass is 32.2. The van der Waals surface area contributed by atoms with Gasteiger partial charge in [0.2, 0.25) is 16.9 Å². The Morgan fingerprint density at radius 3 is 2.59 bits per heavy atom. The highest BCUT2D eigenvalue weighted by Crippen LogP contribution is 2.31. The Morgan fingerprint density at radius 2 is 1.93 bits per heavy atom. The van der Waals surface area contributed by atoms with Crippen LogP contribution in [0.4, 0.5) is 10.8 Å². The van der Waals surface area contributed by atoms with Crippen molar-refractivity contribution in [1.29, 1.82) is 0 Å². The molecule has 1 aliphatic heterocycles. The van der Waals surface area contributed by atoms with E-state index < -0.39 is 0 Å². The minimum Gasteiger partial charge on any atom is -0.371 e. The summed E-state index contributed by atoms with van der Waals surface area (Å²) in [4.78, 5) is 24.0. The van der Waals surface area contributed by atoms with Crippen LogP contribution < -0.4 is 10.6 Å². The summed E-state index contributed by atoms with van der Waals surface area (Å²) >= 11 is 2.59. The van der Waals surface area contributed by atoms with Gasteiger partial charge in [0.1, 0.15) is 11.1 Å². The molecule has 2 amide bonds. The molecule has 0 radical (unpaired) electrons. The summed E-state index contributed by atoms with van der Waals surface area (Å²) in [5, 5.41) is 14.9. The SMILES string of the molecule is CCc1ccc(NC(=O)CSCC(=O)Nc2nnc(C3CCCO3)s2)cc1. The number of thioether (sulfide) groups is 1. The summed E-state index contributed by atoms with van der Waals surface area (Å²) in [6.45, 7) is 2.83. The summed E-state index contributed by atoms with van der Waals surface area (Å²) in [5.74, 6) is 0.0563. The number of nitrogens with one attached hydrogen (secondary N) is 2. The monoisotopic (exact) mass is 406 g/mol. The van der Waals surface area contributed by atoms with E-state index >= 15 is 0 Å². The minimum atomic E-state index is -0.199. The van der Waals surface area contributed by atoms with Crippen LogP contribution >= 0.6 is 23.1 Å². The Morgan fingerprint density at radius 1 is 1.19 bits per heavy atom. The number of hydrogen-bond donors (Lipinski definition) is 2. The molecule has 0 spiro atoms. The van der Waals surface area contributed by atoms with Crippen molar-refractivity contribution in [3.8, 4) is 0 Å². The van der Waals surface area contributed by atoms with E-state index in [-0.39, 0.29) is 29.4 Å². The smallest absolute Gasteiger partial charge is 0.236 e. The van der Waals surface area contributed by atoms with Gasteiger partial charge in [0.15, 0.2) is 0 Å². The van der Waals surface area contributed by atoms with Crippen molar-refractivity contribution in [3.05, 3.63) is 34.8 Å². The molecule has 2 aromatic rings. The lowest BCUT2D eigenvalue weighted by Gasteiger charge is -2.06. The molecule has 9 heteroatoms. The van der Waals surface area contributed by atoms with Gasteiger partial charge in [-0.25, -0.2) is 0 Å². The maximum atomic E-state index is 12.0. The van der Waals surface area contributed by atoms with Crippen molar-refractivity contribution in [2.24, 2.45) is 0 Å². The predicted molar refractivity (Wildman–Crippen MR) is 108 cm³/mol. The lowest BCUT2D eigenvalue weighted by molar-refractivity contribution is -0.114. The first-order valence-electron chi connectivity index (χ1n) is 8.85. The number of nitrogens with zero attached hydrogens (tertiary/aromatic N) is 2. The molecule has 7 nitrogen and oxygen atoms in total. The summed E-state index contributed by atoms with van der Waals surface area (Å²) in [7, 11) is 0. The second-order valence-corrected chi connectivity index (χ2v) is 8.08. The maximum Gasteiger partial charge on any atom is 0.236 e. The van der Waals surface area contributed by atoms with Crippen LogP contribution in [0.2, 0.25) is 0 Å². The highest BCUT2D eigenvalue weighted by molar-refractivity contribution is 8.00. The van der Waals surface area contributed by atoms with Gasteiger partial charge < -0.3 is 10.1 Å². The van der Waals surface area contributed by atoms with E-state index in [1.54, 1.807) is 0 Å². The number of aryl methyl sites for hydroxylation is 1. The molecule has 1 aromatic heterocycles. The predicted octanol–water partition coefficient (Wildman–Crippen LogP) is 3.26. The normalized spacial score (nSPS) is 16.3. The first-order chi connectivity index (χ1) is 13.1. The molecule has 1 saturated heterocycles. The van der Waals surface area contributed by atoms with Crippen LogP contribution in [0.3, 0.4) is 0 Å². The highest BCUT2D eigenvalue weighted by Gasteiger charge is 2.22. The number of anilines is 2. The summed E-state index contributed by atoms with van der Waals surface area (Å²) < 4.78 is 5.56. The molecule has 1 atom stereocenters. The quantitative estimate of drug-likeness (QED) is 0.699. The molecular formula is C18H22N4O3S2. The fourth-order valence-corrected chi connectivity index (χ4v) is 4.06. The molecule has 1 aliphatic rings. The average molecular weight is 407 g/mol. The van der Waals surface area contributed by atoms with Crippen LogP contribution in [0.5, 0.6) is 0 Å². The van der Waals surface area contributed by atoms with Gasteiger partial charge >= 0.3 is 0 Å². The van der Waals surface area contributed by atoms with Crippen molar-refractivity contribution in [2.75, 3.05) is 28.7 Å². The second kappa shape index (κ2) is 9.82. The number of aromatic nitrogens is 2. The van der Waals surface area contributed by atoms with Gasteiger partial charge in [0.25, 0.3) is 0 Å². The first kappa shape index (κ1) is 19.8. The molecule has 27 heavy (non-hydrogen) atoms. The Bertz CT molecular complexity index is 773. The number of amides is 2. The van der Waals surface area contributed by atoms with E-state index in [2.05, 4.69) is 27.8 Å².